The Balaban J connectivity index is 2.03. The van der Waals surface area contributed by atoms with Crippen molar-refractivity contribution in [1.82, 2.24) is 0 Å². The van der Waals surface area contributed by atoms with E-state index < -0.39 is 5.82 Å². The zero-order valence-electron chi connectivity index (χ0n) is 12.9. The SMILES string of the molecule is CC(=O)N(CCC(=O)Nc1cccc(Cl)c1Cl)c1cccc(F)c1. The number of nitrogens with zero attached hydrogens (tertiary/aromatic N) is 1. The molecule has 0 bridgehead atoms. The zero-order chi connectivity index (χ0) is 17.7. The van der Waals surface area contributed by atoms with Crippen molar-refractivity contribution in [2.24, 2.45) is 0 Å². The molecule has 2 aromatic carbocycles. The van der Waals surface area contributed by atoms with Crippen molar-refractivity contribution >= 4 is 46.4 Å². The number of nitrogens with one attached hydrogen (secondary N) is 1. The summed E-state index contributed by atoms with van der Waals surface area (Å²) < 4.78 is 13.3. The van der Waals surface area contributed by atoms with Crippen LogP contribution in [0.2, 0.25) is 10.0 Å². The Morgan fingerprint density at radius 1 is 1.17 bits per heavy atom. The molecule has 1 N–H and O–H groups in total. The Labute approximate surface area is 149 Å². The lowest BCUT2D eigenvalue weighted by Crippen LogP contribution is -2.32. The smallest absolute Gasteiger partial charge is 0.226 e. The Bertz CT molecular complexity index is 768. The Hall–Kier alpha value is -2.11. The number of amides is 2. The molecule has 24 heavy (non-hydrogen) atoms. The van der Waals surface area contributed by atoms with Gasteiger partial charge in [-0.15, -0.1) is 0 Å². The average Bonchev–Trinajstić information content (AvgIpc) is 2.52. The largest absolute Gasteiger partial charge is 0.325 e. The van der Waals surface area contributed by atoms with Gasteiger partial charge in [0, 0.05) is 25.6 Å². The first-order chi connectivity index (χ1) is 11.4. The lowest BCUT2D eigenvalue weighted by atomic mass is 10.2. The van der Waals surface area contributed by atoms with E-state index in [-0.39, 0.29) is 29.8 Å². The van der Waals surface area contributed by atoms with Crippen molar-refractivity contribution in [3.63, 3.8) is 0 Å². The zero-order valence-corrected chi connectivity index (χ0v) is 14.4. The molecule has 126 valence electrons. The second-order valence-corrected chi connectivity index (χ2v) is 5.84. The standard InChI is InChI=1S/C17H15Cl2FN2O2/c1-11(23)22(13-5-2-4-12(20)10-13)9-8-16(24)21-15-7-3-6-14(18)17(15)19/h2-7,10H,8-9H2,1H3,(H,21,24). The summed E-state index contributed by atoms with van der Waals surface area (Å²) in [5, 5.41) is 3.22. The minimum Gasteiger partial charge on any atom is -0.325 e. The predicted molar refractivity (Wildman–Crippen MR) is 94.1 cm³/mol. The fourth-order valence-electron chi connectivity index (χ4n) is 2.14. The van der Waals surface area contributed by atoms with Crippen LogP contribution in [-0.4, -0.2) is 18.4 Å². The molecule has 2 aromatic rings. The first-order valence-electron chi connectivity index (χ1n) is 7.16. The Kier molecular flexibility index (Phi) is 6.17. The van der Waals surface area contributed by atoms with Crippen molar-refractivity contribution in [2.45, 2.75) is 13.3 Å². The number of hydrogen-bond acceptors (Lipinski definition) is 2. The van der Waals surface area contributed by atoms with Gasteiger partial charge in [0.1, 0.15) is 5.82 Å². The Morgan fingerprint density at radius 2 is 1.88 bits per heavy atom. The fraction of sp³-hybridized carbons (Fsp3) is 0.176. The molecule has 4 nitrogen and oxygen atoms in total. The summed E-state index contributed by atoms with van der Waals surface area (Å²) in [6, 6.07) is 10.5. The van der Waals surface area contributed by atoms with Gasteiger partial charge >= 0.3 is 0 Å². The van der Waals surface area contributed by atoms with Gasteiger partial charge in [-0.3, -0.25) is 9.59 Å². The monoisotopic (exact) mass is 368 g/mol. The number of carbonyl (C=O) groups is 2. The average molecular weight is 369 g/mol. The quantitative estimate of drug-likeness (QED) is 0.843. The van der Waals surface area contributed by atoms with Crippen molar-refractivity contribution < 1.29 is 14.0 Å². The maximum atomic E-state index is 13.3. The maximum absolute atomic E-state index is 13.3. The molecule has 0 aliphatic rings. The lowest BCUT2D eigenvalue weighted by molar-refractivity contribution is -0.117. The summed E-state index contributed by atoms with van der Waals surface area (Å²) >= 11 is 11.9. The Morgan fingerprint density at radius 3 is 2.54 bits per heavy atom. The molecule has 0 atom stereocenters. The molecule has 0 saturated heterocycles. The van der Waals surface area contributed by atoms with Crippen LogP contribution in [0, 0.1) is 5.82 Å². The van der Waals surface area contributed by atoms with Crippen molar-refractivity contribution in [3.8, 4) is 0 Å². The second-order valence-electron chi connectivity index (χ2n) is 5.05. The molecular formula is C17H15Cl2FN2O2. The molecule has 0 aliphatic carbocycles. The normalized spacial score (nSPS) is 10.3. The van der Waals surface area contributed by atoms with Gasteiger partial charge in [0.05, 0.1) is 15.7 Å². The summed E-state index contributed by atoms with van der Waals surface area (Å²) in [4.78, 5) is 25.2. The molecule has 2 amide bonds. The van der Waals surface area contributed by atoms with Gasteiger partial charge in [0.25, 0.3) is 0 Å². The molecule has 0 radical (unpaired) electrons. The number of anilines is 2. The molecular weight excluding hydrogens is 354 g/mol. The lowest BCUT2D eigenvalue weighted by Gasteiger charge is -2.21. The highest BCUT2D eigenvalue weighted by Gasteiger charge is 2.15. The fourth-order valence-corrected chi connectivity index (χ4v) is 2.49. The highest BCUT2D eigenvalue weighted by atomic mass is 35.5. The van der Waals surface area contributed by atoms with Crippen LogP contribution in [0.15, 0.2) is 42.5 Å². The van der Waals surface area contributed by atoms with Gasteiger partial charge in [0.15, 0.2) is 0 Å². The second kappa shape index (κ2) is 8.13. The third-order valence-electron chi connectivity index (χ3n) is 3.29. The molecule has 2 rings (SSSR count). The van der Waals surface area contributed by atoms with E-state index in [1.807, 2.05) is 0 Å². The van der Waals surface area contributed by atoms with Crippen LogP contribution in [0.4, 0.5) is 15.8 Å². The highest BCUT2D eigenvalue weighted by Crippen LogP contribution is 2.29. The number of benzene rings is 2. The summed E-state index contributed by atoms with van der Waals surface area (Å²) in [5.41, 5.74) is 0.797. The van der Waals surface area contributed by atoms with E-state index in [0.717, 1.165) is 0 Å². The summed E-state index contributed by atoms with van der Waals surface area (Å²) in [5.74, 6) is -1.06. The first kappa shape index (κ1) is 18.2. The van der Waals surface area contributed by atoms with Crippen molar-refractivity contribution in [2.75, 3.05) is 16.8 Å². The van der Waals surface area contributed by atoms with Crippen LogP contribution in [0.1, 0.15) is 13.3 Å². The highest BCUT2D eigenvalue weighted by molar-refractivity contribution is 6.43. The van der Waals surface area contributed by atoms with Crippen molar-refractivity contribution in [3.05, 3.63) is 58.3 Å². The van der Waals surface area contributed by atoms with Crippen LogP contribution >= 0.6 is 23.2 Å². The maximum Gasteiger partial charge on any atom is 0.226 e. The van der Waals surface area contributed by atoms with E-state index in [4.69, 9.17) is 23.2 Å². The third-order valence-corrected chi connectivity index (χ3v) is 4.11. The van der Waals surface area contributed by atoms with Crippen LogP contribution in [0.5, 0.6) is 0 Å². The molecule has 0 aliphatic heterocycles. The topological polar surface area (TPSA) is 49.4 Å². The minimum absolute atomic E-state index is 0.0267. The van der Waals surface area contributed by atoms with E-state index in [9.17, 15) is 14.0 Å². The molecule has 0 aromatic heterocycles. The molecule has 0 unspecified atom stereocenters. The molecule has 0 heterocycles. The van der Waals surface area contributed by atoms with Crippen LogP contribution in [0.25, 0.3) is 0 Å². The van der Waals surface area contributed by atoms with Gasteiger partial charge in [-0.05, 0) is 30.3 Å². The van der Waals surface area contributed by atoms with E-state index in [1.165, 1.54) is 30.0 Å². The van der Waals surface area contributed by atoms with Crippen LogP contribution < -0.4 is 10.2 Å². The van der Waals surface area contributed by atoms with E-state index in [0.29, 0.717) is 16.4 Å². The van der Waals surface area contributed by atoms with Gasteiger partial charge in [-0.1, -0.05) is 35.3 Å². The number of carbonyl (C=O) groups excluding carboxylic acids is 2. The van der Waals surface area contributed by atoms with E-state index in [1.54, 1.807) is 24.3 Å². The summed E-state index contributed by atoms with van der Waals surface area (Å²) in [6.45, 7) is 1.47. The van der Waals surface area contributed by atoms with Gasteiger partial charge in [-0.2, -0.15) is 0 Å². The first-order valence-corrected chi connectivity index (χ1v) is 7.91. The van der Waals surface area contributed by atoms with Crippen LogP contribution in [-0.2, 0) is 9.59 Å². The van der Waals surface area contributed by atoms with Gasteiger partial charge < -0.3 is 10.2 Å². The number of halogens is 3. The number of hydrogen-bond donors (Lipinski definition) is 1. The summed E-state index contributed by atoms with van der Waals surface area (Å²) in [6.07, 6.45) is 0.0267. The van der Waals surface area contributed by atoms with Crippen molar-refractivity contribution in [1.29, 1.82) is 0 Å². The van der Waals surface area contributed by atoms with E-state index in [2.05, 4.69) is 5.32 Å². The molecule has 7 heteroatoms. The third kappa shape index (κ3) is 4.69. The van der Waals surface area contributed by atoms with Crippen LogP contribution in [0.3, 0.4) is 0 Å². The van der Waals surface area contributed by atoms with Gasteiger partial charge in [0.2, 0.25) is 11.8 Å². The molecule has 0 saturated carbocycles. The summed E-state index contributed by atoms with van der Waals surface area (Å²) in [7, 11) is 0. The van der Waals surface area contributed by atoms with Gasteiger partial charge in [-0.25, -0.2) is 4.39 Å². The molecule has 0 fully saturated rings. The predicted octanol–water partition coefficient (Wildman–Crippen LogP) is 4.51. The van der Waals surface area contributed by atoms with E-state index >= 15 is 0 Å². The minimum atomic E-state index is -0.450. The number of rotatable bonds is 5. The molecule has 0 spiro atoms.